The second kappa shape index (κ2) is 11.7. The number of hydrogen-bond donors (Lipinski definition) is 1. The minimum absolute atomic E-state index is 0.00441. The van der Waals surface area contributed by atoms with E-state index in [1.807, 2.05) is 44.2 Å². The van der Waals surface area contributed by atoms with Crippen molar-refractivity contribution in [2.75, 3.05) is 26.2 Å². The van der Waals surface area contributed by atoms with E-state index in [2.05, 4.69) is 33.9 Å². The van der Waals surface area contributed by atoms with Gasteiger partial charge in [-0.2, -0.15) is 0 Å². The van der Waals surface area contributed by atoms with Crippen LogP contribution in [-0.4, -0.2) is 87.1 Å². The highest BCUT2D eigenvalue weighted by atomic mass is 16.5. The summed E-state index contributed by atoms with van der Waals surface area (Å²) in [7, 11) is 0. The van der Waals surface area contributed by atoms with Gasteiger partial charge >= 0.3 is 0 Å². The molecule has 4 rings (SSSR count). The summed E-state index contributed by atoms with van der Waals surface area (Å²) in [6.07, 6.45) is 4.80. The molecule has 0 aliphatic carbocycles. The number of aliphatic hydroxyl groups is 1. The number of hydrogen-bond acceptors (Lipinski definition) is 5. The van der Waals surface area contributed by atoms with Gasteiger partial charge in [0.05, 0.1) is 24.5 Å². The molecular formula is C33H47N3O5. The van der Waals surface area contributed by atoms with Gasteiger partial charge in [-0.3, -0.25) is 14.4 Å². The molecule has 8 nitrogen and oxygen atoms in total. The second-order valence-electron chi connectivity index (χ2n) is 13.6. The molecular weight excluding hydrogens is 518 g/mol. The first kappa shape index (κ1) is 31.0. The number of carbonyl (C=O) groups is 3. The Morgan fingerprint density at radius 3 is 2.34 bits per heavy atom. The van der Waals surface area contributed by atoms with Gasteiger partial charge in [-0.05, 0) is 44.1 Å². The van der Waals surface area contributed by atoms with E-state index in [0.717, 1.165) is 12.0 Å². The largest absolute Gasteiger partial charge is 0.395 e. The molecule has 5 atom stereocenters. The van der Waals surface area contributed by atoms with Crippen molar-refractivity contribution in [3.05, 3.63) is 61.2 Å². The maximum atomic E-state index is 14.6. The fraction of sp³-hybridized carbons (Fsp3) is 0.606. The predicted octanol–water partition coefficient (Wildman–Crippen LogP) is 3.80. The molecule has 3 amide bonds. The van der Waals surface area contributed by atoms with Crippen LogP contribution in [0, 0.1) is 17.3 Å². The molecule has 3 aliphatic rings. The lowest BCUT2D eigenvalue weighted by Crippen LogP contribution is -2.61. The van der Waals surface area contributed by atoms with Gasteiger partial charge in [-0.25, -0.2) is 0 Å². The summed E-state index contributed by atoms with van der Waals surface area (Å²) >= 11 is 0. The maximum Gasteiger partial charge on any atom is 0.249 e. The zero-order valence-electron chi connectivity index (χ0n) is 25.3. The van der Waals surface area contributed by atoms with Crippen LogP contribution in [0.3, 0.4) is 0 Å². The summed E-state index contributed by atoms with van der Waals surface area (Å²) in [5.41, 5.74) is -0.713. The van der Waals surface area contributed by atoms with E-state index in [9.17, 15) is 19.5 Å². The molecule has 41 heavy (non-hydrogen) atoms. The van der Waals surface area contributed by atoms with Gasteiger partial charge in [0.25, 0.3) is 0 Å². The molecule has 0 saturated carbocycles. The Bertz CT molecular complexity index is 1160. The molecule has 2 unspecified atom stereocenters. The van der Waals surface area contributed by atoms with Gasteiger partial charge in [0.15, 0.2) is 0 Å². The lowest BCUT2D eigenvalue weighted by molar-refractivity contribution is -0.153. The molecule has 1 N–H and O–H groups in total. The first-order valence-electron chi connectivity index (χ1n) is 14.8. The highest BCUT2D eigenvalue weighted by molar-refractivity contribution is 5.99. The van der Waals surface area contributed by atoms with E-state index < -0.39 is 35.1 Å². The van der Waals surface area contributed by atoms with Gasteiger partial charge in [-0.1, -0.05) is 63.3 Å². The third-order valence-corrected chi connectivity index (χ3v) is 8.81. The van der Waals surface area contributed by atoms with Crippen molar-refractivity contribution < 1.29 is 24.2 Å². The topological polar surface area (TPSA) is 90.4 Å². The van der Waals surface area contributed by atoms with E-state index in [1.54, 1.807) is 22.0 Å². The Labute approximate surface area is 245 Å². The normalized spacial score (nSPS) is 27.1. The number of β-amino-alcohol motifs (C(OH)–C–C–N with tert-alkyl or cyclic N) is 1. The molecule has 3 aliphatic heterocycles. The summed E-state index contributed by atoms with van der Waals surface area (Å²) in [5.74, 6) is -2.15. The number of ether oxygens (including phenoxy) is 1. The van der Waals surface area contributed by atoms with Crippen molar-refractivity contribution in [1.29, 1.82) is 0 Å². The summed E-state index contributed by atoms with van der Waals surface area (Å²) in [5, 5.41) is 9.96. The fourth-order valence-corrected chi connectivity index (χ4v) is 7.77. The van der Waals surface area contributed by atoms with E-state index in [1.165, 1.54) is 4.90 Å². The standard InChI is InChI=1S/C33H47N3O5/c1-8-17-34(21-23-13-11-10-12-14-23)28(38)25-24-15-16-33(41-24)26(25)29(39)35(19-20-37)27(33)30(40)36(18-9-2)32(6,7)22-31(3,4)5/h8-14,24-27,37H,1-2,15-22H2,3-7H3/t24-,25+,26+,27?,33?/m1/s1. The highest BCUT2D eigenvalue weighted by Crippen LogP contribution is 2.59. The van der Waals surface area contributed by atoms with Crippen molar-refractivity contribution in [3.63, 3.8) is 0 Å². The number of fused-ring (bicyclic) bond motifs is 1. The van der Waals surface area contributed by atoms with Crippen molar-refractivity contribution in [3.8, 4) is 0 Å². The minimum Gasteiger partial charge on any atom is -0.395 e. The summed E-state index contributed by atoms with van der Waals surface area (Å²) in [4.78, 5) is 47.9. The average Bonchev–Trinajstić information content (AvgIpc) is 3.53. The quantitative estimate of drug-likeness (QED) is 0.390. The Kier molecular flexibility index (Phi) is 8.86. The molecule has 0 aromatic heterocycles. The van der Waals surface area contributed by atoms with Crippen LogP contribution in [0.2, 0.25) is 0 Å². The zero-order chi connectivity index (χ0) is 30.2. The fourth-order valence-electron chi connectivity index (χ4n) is 7.77. The highest BCUT2D eigenvalue weighted by Gasteiger charge is 2.75. The zero-order valence-corrected chi connectivity index (χ0v) is 25.3. The summed E-state index contributed by atoms with van der Waals surface area (Å²) in [6, 6.07) is 8.81. The van der Waals surface area contributed by atoms with Gasteiger partial charge in [0.2, 0.25) is 17.7 Å². The van der Waals surface area contributed by atoms with Crippen molar-refractivity contribution >= 4 is 17.7 Å². The van der Waals surface area contributed by atoms with E-state index in [0.29, 0.717) is 32.5 Å². The van der Waals surface area contributed by atoms with Crippen LogP contribution in [0.25, 0.3) is 0 Å². The molecule has 224 valence electrons. The first-order chi connectivity index (χ1) is 19.3. The van der Waals surface area contributed by atoms with Crippen molar-refractivity contribution in [2.24, 2.45) is 17.3 Å². The van der Waals surface area contributed by atoms with Crippen LogP contribution in [-0.2, 0) is 25.7 Å². The number of amides is 3. The predicted molar refractivity (Wildman–Crippen MR) is 159 cm³/mol. The van der Waals surface area contributed by atoms with Crippen LogP contribution < -0.4 is 0 Å². The molecule has 3 fully saturated rings. The molecule has 1 spiro atoms. The molecule has 2 bridgehead atoms. The van der Waals surface area contributed by atoms with Crippen LogP contribution in [0.15, 0.2) is 55.6 Å². The number of benzene rings is 1. The van der Waals surface area contributed by atoms with E-state index >= 15 is 0 Å². The van der Waals surface area contributed by atoms with Crippen molar-refractivity contribution in [1.82, 2.24) is 14.7 Å². The van der Waals surface area contributed by atoms with Gasteiger partial charge in [-0.15, -0.1) is 13.2 Å². The van der Waals surface area contributed by atoms with Crippen LogP contribution >= 0.6 is 0 Å². The third kappa shape index (κ3) is 5.73. The number of likely N-dealkylation sites (tertiary alicyclic amines) is 1. The number of nitrogens with zero attached hydrogens (tertiary/aromatic N) is 3. The Balaban J connectivity index is 1.71. The van der Waals surface area contributed by atoms with Crippen molar-refractivity contribution in [2.45, 2.75) is 83.7 Å². The van der Waals surface area contributed by atoms with Gasteiger partial charge < -0.3 is 24.5 Å². The summed E-state index contributed by atoms with van der Waals surface area (Å²) < 4.78 is 6.63. The first-order valence-corrected chi connectivity index (χ1v) is 14.8. The van der Waals surface area contributed by atoms with E-state index in [-0.39, 0.29) is 36.3 Å². The lowest BCUT2D eigenvalue weighted by atomic mass is 9.70. The molecule has 1 aromatic carbocycles. The molecule has 8 heteroatoms. The smallest absolute Gasteiger partial charge is 0.249 e. The van der Waals surface area contributed by atoms with Crippen LogP contribution in [0.1, 0.15) is 59.4 Å². The lowest BCUT2D eigenvalue weighted by Gasteiger charge is -2.45. The number of carbonyl (C=O) groups excluding carboxylic acids is 3. The van der Waals surface area contributed by atoms with Crippen LogP contribution in [0.5, 0.6) is 0 Å². The Morgan fingerprint density at radius 2 is 1.76 bits per heavy atom. The Hall–Kier alpha value is -2.97. The third-order valence-electron chi connectivity index (χ3n) is 8.81. The average molecular weight is 566 g/mol. The number of rotatable bonds is 12. The molecule has 3 saturated heterocycles. The molecule has 3 heterocycles. The Morgan fingerprint density at radius 1 is 1.10 bits per heavy atom. The monoisotopic (exact) mass is 565 g/mol. The molecule has 0 radical (unpaired) electrons. The van der Waals surface area contributed by atoms with Gasteiger partial charge in [0.1, 0.15) is 11.6 Å². The molecule has 1 aromatic rings. The second-order valence-corrected chi connectivity index (χ2v) is 13.6. The summed E-state index contributed by atoms with van der Waals surface area (Å²) in [6.45, 7) is 19.0. The maximum absolute atomic E-state index is 14.6. The number of aliphatic hydroxyl groups excluding tert-OH is 1. The van der Waals surface area contributed by atoms with E-state index in [4.69, 9.17) is 4.74 Å². The minimum atomic E-state index is -1.11. The van der Waals surface area contributed by atoms with Crippen LogP contribution in [0.4, 0.5) is 0 Å². The van der Waals surface area contributed by atoms with Gasteiger partial charge in [0, 0.05) is 31.7 Å². The SMILES string of the molecule is C=CCN(Cc1ccccc1)C(=O)[C@@H]1[C@H]2C(=O)N(CCO)C(C(=O)N(CC=C)C(C)(C)CC(C)(C)C)C23CC[C@H]1O3.